The number of nitrogens with zero attached hydrogens (tertiary/aromatic N) is 1. The maximum atomic E-state index is 12.5. The van der Waals surface area contributed by atoms with E-state index in [-0.39, 0.29) is 5.91 Å². The lowest BCUT2D eigenvalue weighted by Crippen LogP contribution is -2.43. The van der Waals surface area contributed by atoms with Crippen molar-refractivity contribution in [2.45, 2.75) is 25.1 Å². The zero-order valence-corrected chi connectivity index (χ0v) is 13.2. The van der Waals surface area contributed by atoms with Crippen molar-refractivity contribution in [2.24, 2.45) is 5.92 Å². The van der Waals surface area contributed by atoms with E-state index in [2.05, 4.69) is 22.9 Å². The molecule has 0 saturated carbocycles. The summed E-state index contributed by atoms with van der Waals surface area (Å²) >= 11 is 3.66. The van der Waals surface area contributed by atoms with Gasteiger partial charge in [-0.25, -0.2) is 0 Å². The van der Waals surface area contributed by atoms with E-state index in [9.17, 15) is 4.79 Å². The molecule has 2 rings (SSSR count). The number of amides is 1. The first-order valence-electron chi connectivity index (χ1n) is 6.61. The van der Waals surface area contributed by atoms with Gasteiger partial charge >= 0.3 is 0 Å². The lowest BCUT2D eigenvalue weighted by Gasteiger charge is -2.34. The Morgan fingerprint density at radius 3 is 2.84 bits per heavy atom. The van der Waals surface area contributed by atoms with Gasteiger partial charge < -0.3 is 9.64 Å². The van der Waals surface area contributed by atoms with Gasteiger partial charge in [-0.1, -0.05) is 28.9 Å². The maximum absolute atomic E-state index is 12.5. The average molecular weight is 326 g/mol. The van der Waals surface area contributed by atoms with Crippen LogP contribution >= 0.6 is 15.9 Å². The molecule has 104 valence electrons. The minimum absolute atomic E-state index is 0.0923. The van der Waals surface area contributed by atoms with Crippen molar-refractivity contribution in [3.63, 3.8) is 0 Å². The topological polar surface area (TPSA) is 29.5 Å². The van der Waals surface area contributed by atoms with Gasteiger partial charge in [0.15, 0.2) is 0 Å². The molecule has 1 amide bonds. The number of carbonyl (C=O) groups excluding carboxylic acids is 1. The molecule has 1 saturated heterocycles. The van der Waals surface area contributed by atoms with Gasteiger partial charge in [-0.05, 0) is 37.0 Å². The van der Waals surface area contributed by atoms with Crippen molar-refractivity contribution in [2.75, 3.05) is 20.2 Å². The summed E-state index contributed by atoms with van der Waals surface area (Å²) < 4.78 is 5.28. The SMILES string of the molecule is COc1cc(C(=O)N2CCC(C)C(Br)C2)ccc1C. The molecule has 0 N–H and O–H groups in total. The highest BCUT2D eigenvalue weighted by atomic mass is 79.9. The third-order valence-electron chi connectivity index (χ3n) is 3.81. The van der Waals surface area contributed by atoms with E-state index in [1.165, 1.54) is 0 Å². The van der Waals surface area contributed by atoms with E-state index < -0.39 is 0 Å². The fourth-order valence-corrected chi connectivity index (χ4v) is 2.96. The Hall–Kier alpha value is -1.03. The van der Waals surface area contributed by atoms with Crippen molar-refractivity contribution in [3.8, 4) is 5.75 Å². The predicted molar refractivity (Wildman–Crippen MR) is 80.1 cm³/mol. The number of hydrogen-bond acceptors (Lipinski definition) is 2. The minimum atomic E-state index is 0.0923. The van der Waals surface area contributed by atoms with Crippen molar-refractivity contribution >= 4 is 21.8 Å². The number of hydrogen-bond donors (Lipinski definition) is 0. The smallest absolute Gasteiger partial charge is 0.254 e. The molecule has 0 aliphatic carbocycles. The third-order valence-corrected chi connectivity index (χ3v) is 5.00. The standard InChI is InChI=1S/C15H20BrNO2/c1-10-6-7-17(9-13(10)16)15(18)12-5-4-11(2)14(8-12)19-3/h4-5,8,10,13H,6-7,9H2,1-3H3. The lowest BCUT2D eigenvalue weighted by molar-refractivity contribution is 0.0705. The van der Waals surface area contributed by atoms with Crippen LogP contribution in [0, 0.1) is 12.8 Å². The molecule has 0 spiro atoms. The number of methoxy groups -OCH3 is 1. The molecule has 0 bridgehead atoms. The number of halogens is 1. The van der Waals surface area contributed by atoms with Gasteiger partial charge in [0.25, 0.3) is 5.91 Å². The highest BCUT2D eigenvalue weighted by Crippen LogP contribution is 2.26. The van der Waals surface area contributed by atoms with Gasteiger partial charge in [-0.3, -0.25) is 4.79 Å². The van der Waals surface area contributed by atoms with E-state index in [1.807, 2.05) is 30.0 Å². The summed E-state index contributed by atoms with van der Waals surface area (Å²) in [4.78, 5) is 14.8. The number of aryl methyl sites for hydroxylation is 1. The second kappa shape index (κ2) is 5.95. The minimum Gasteiger partial charge on any atom is -0.496 e. The Morgan fingerprint density at radius 2 is 2.21 bits per heavy atom. The van der Waals surface area contributed by atoms with Gasteiger partial charge in [0.2, 0.25) is 0 Å². The monoisotopic (exact) mass is 325 g/mol. The fraction of sp³-hybridized carbons (Fsp3) is 0.533. The predicted octanol–water partition coefficient (Wildman–Crippen LogP) is 3.25. The van der Waals surface area contributed by atoms with Crippen LogP contribution < -0.4 is 4.74 Å². The highest BCUT2D eigenvalue weighted by molar-refractivity contribution is 9.09. The second-order valence-corrected chi connectivity index (χ2v) is 6.39. The number of alkyl halides is 1. The highest BCUT2D eigenvalue weighted by Gasteiger charge is 2.27. The van der Waals surface area contributed by atoms with E-state index >= 15 is 0 Å². The first kappa shape index (κ1) is 14.4. The molecular weight excluding hydrogens is 306 g/mol. The van der Waals surface area contributed by atoms with Crippen LogP contribution in [0.2, 0.25) is 0 Å². The Balaban J connectivity index is 2.15. The lowest BCUT2D eigenvalue weighted by atomic mass is 9.98. The second-order valence-electron chi connectivity index (χ2n) is 5.22. The first-order chi connectivity index (χ1) is 9.02. The van der Waals surface area contributed by atoms with Crippen molar-refractivity contribution in [1.29, 1.82) is 0 Å². The van der Waals surface area contributed by atoms with Gasteiger partial charge in [-0.2, -0.15) is 0 Å². The van der Waals surface area contributed by atoms with Crippen LogP contribution in [0.15, 0.2) is 18.2 Å². The van der Waals surface area contributed by atoms with Gasteiger partial charge in [0.05, 0.1) is 7.11 Å². The normalized spacial score (nSPS) is 23.3. The van der Waals surface area contributed by atoms with E-state index in [0.29, 0.717) is 16.3 Å². The van der Waals surface area contributed by atoms with Crippen molar-refractivity contribution in [3.05, 3.63) is 29.3 Å². The maximum Gasteiger partial charge on any atom is 0.254 e. The fourth-order valence-electron chi connectivity index (χ4n) is 2.34. The number of benzene rings is 1. The molecule has 2 atom stereocenters. The summed E-state index contributed by atoms with van der Waals surface area (Å²) in [6, 6.07) is 5.64. The van der Waals surface area contributed by atoms with Crippen LogP contribution in [0.3, 0.4) is 0 Å². The molecule has 1 fully saturated rings. The van der Waals surface area contributed by atoms with Crippen LogP contribution in [-0.4, -0.2) is 35.8 Å². The Morgan fingerprint density at radius 1 is 1.47 bits per heavy atom. The number of piperidine rings is 1. The molecule has 0 radical (unpaired) electrons. The summed E-state index contributed by atoms with van der Waals surface area (Å²) in [5.74, 6) is 1.48. The number of rotatable bonds is 2. The number of likely N-dealkylation sites (tertiary alicyclic amines) is 1. The molecule has 1 aliphatic rings. The molecule has 1 heterocycles. The number of carbonyl (C=O) groups is 1. The van der Waals surface area contributed by atoms with E-state index in [4.69, 9.17) is 4.74 Å². The van der Waals surface area contributed by atoms with E-state index in [0.717, 1.165) is 30.8 Å². The van der Waals surface area contributed by atoms with Crippen molar-refractivity contribution in [1.82, 2.24) is 4.90 Å². The van der Waals surface area contributed by atoms with Crippen LogP contribution in [0.25, 0.3) is 0 Å². The Labute approximate surface area is 123 Å². The molecule has 1 aliphatic heterocycles. The molecule has 2 unspecified atom stereocenters. The molecule has 19 heavy (non-hydrogen) atoms. The summed E-state index contributed by atoms with van der Waals surface area (Å²) in [7, 11) is 1.63. The third kappa shape index (κ3) is 3.11. The van der Waals surface area contributed by atoms with Crippen LogP contribution in [0.5, 0.6) is 5.75 Å². The molecule has 3 nitrogen and oxygen atoms in total. The zero-order chi connectivity index (χ0) is 14.0. The largest absolute Gasteiger partial charge is 0.496 e. The molecule has 4 heteroatoms. The molecule has 1 aromatic rings. The molecule has 0 aromatic heterocycles. The van der Waals surface area contributed by atoms with Gasteiger partial charge in [0, 0.05) is 23.5 Å². The van der Waals surface area contributed by atoms with Gasteiger partial charge in [0.1, 0.15) is 5.75 Å². The average Bonchev–Trinajstić information content (AvgIpc) is 2.41. The quantitative estimate of drug-likeness (QED) is 0.781. The molecule has 1 aromatic carbocycles. The summed E-state index contributed by atoms with van der Waals surface area (Å²) in [5.41, 5.74) is 1.75. The van der Waals surface area contributed by atoms with Gasteiger partial charge in [-0.15, -0.1) is 0 Å². The summed E-state index contributed by atoms with van der Waals surface area (Å²) in [6.45, 7) is 5.80. The van der Waals surface area contributed by atoms with Crippen LogP contribution in [0.4, 0.5) is 0 Å². The summed E-state index contributed by atoms with van der Waals surface area (Å²) in [6.07, 6.45) is 1.05. The summed E-state index contributed by atoms with van der Waals surface area (Å²) in [5, 5.41) is 0. The Kier molecular flexibility index (Phi) is 4.50. The van der Waals surface area contributed by atoms with Crippen molar-refractivity contribution < 1.29 is 9.53 Å². The first-order valence-corrected chi connectivity index (χ1v) is 7.52. The van der Waals surface area contributed by atoms with Crippen LogP contribution in [0.1, 0.15) is 29.3 Å². The molecular formula is C15H20BrNO2. The zero-order valence-electron chi connectivity index (χ0n) is 11.6. The number of ether oxygens (including phenoxy) is 1. The van der Waals surface area contributed by atoms with Crippen LogP contribution in [-0.2, 0) is 0 Å². The Bertz CT molecular complexity index is 475. The van der Waals surface area contributed by atoms with E-state index in [1.54, 1.807) is 7.11 Å².